The highest BCUT2D eigenvalue weighted by Gasteiger charge is 2.13. The molecule has 2 rings (SSSR count). The van der Waals surface area contributed by atoms with Crippen LogP contribution in [0.25, 0.3) is 0 Å². The first kappa shape index (κ1) is 21.5. The Hall–Kier alpha value is -1.75. The van der Waals surface area contributed by atoms with Crippen molar-refractivity contribution in [3.05, 3.63) is 63.1 Å². The summed E-state index contributed by atoms with van der Waals surface area (Å²) in [6.07, 6.45) is 1.07. The molecule has 146 valence electrons. The van der Waals surface area contributed by atoms with Crippen LogP contribution in [0.15, 0.2) is 36.4 Å². The number of ether oxygens (including phenoxy) is 2. The number of carbonyl (C=O) groups is 1. The van der Waals surface area contributed by atoms with Crippen molar-refractivity contribution in [1.29, 1.82) is 0 Å². The summed E-state index contributed by atoms with van der Waals surface area (Å²) in [4.78, 5) is 12.4. The molecule has 0 aliphatic heterocycles. The van der Waals surface area contributed by atoms with Crippen LogP contribution >= 0.6 is 23.2 Å². The second-order valence-corrected chi connectivity index (χ2v) is 7.50. The summed E-state index contributed by atoms with van der Waals surface area (Å²) < 4.78 is 11.2. The largest absolute Gasteiger partial charge is 0.496 e. The molecular formula is C21H25Cl2NO3. The van der Waals surface area contributed by atoms with Crippen LogP contribution in [-0.4, -0.2) is 25.2 Å². The molecule has 0 saturated carbocycles. The molecule has 1 N–H and O–H groups in total. The molecule has 0 heterocycles. The number of hydrogen-bond acceptors (Lipinski definition) is 3. The smallest absolute Gasteiger partial charge is 0.253 e. The predicted octanol–water partition coefficient (Wildman–Crippen LogP) is 5.29. The Kier molecular flexibility index (Phi) is 7.96. The van der Waals surface area contributed by atoms with Gasteiger partial charge < -0.3 is 14.8 Å². The zero-order chi connectivity index (χ0) is 20.0. The highest BCUT2D eigenvalue weighted by Crippen LogP contribution is 2.23. The maximum atomic E-state index is 12.4. The fraction of sp³-hybridized carbons (Fsp3) is 0.381. The summed E-state index contributed by atoms with van der Waals surface area (Å²) in [6.45, 7) is 6.42. The molecule has 1 unspecified atom stereocenters. The minimum Gasteiger partial charge on any atom is -0.496 e. The number of hydrogen-bond donors (Lipinski definition) is 1. The van der Waals surface area contributed by atoms with Crippen molar-refractivity contribution in [1.82, 2.24) is 5.32 Å². The van der Waals surface area contributed by atoms with Crippen molar-refractivity contribution in [3.8, 4) is 5.75 Å². The van der Waals surface area contributed by atoms with Crippen LogP contribution in [0.4, 0.5) is 0 Å². The lowest BCUT2D eigenvalue weighted by Gasteiger charge is -2.17. The molecule has 0 aliphatic rings. The van der Waals surface area contributed by atoms with Crippen LogP contribution in [0.2, 0.25) is 10.0 Å². The van der Waals surface area contributed by atoms with Crippen LogP contribution in [-0.2, 0) is 17.7 Å². The fourth-order valence-electron chi connectivity index (χ4n) is 2.89. The average Bonchev–Trinajstić information content (AvgIpc) is 2.59. The summed E-state index contributed by atoms with van der Waals surface area (Å²) in [5, 5.41) is 3.69. The van der Waals surface area contributed by atoms with E-state index in [1.165, 1.54) is 0 Å². The van der Waals surface area contributed by atoms with Gasteiger partial charge in [-0.05, 0) is 57.0 Å². The van der Waals surface area contributed by atoms with E-state index < -0.39 is 0 Å². The van der Waals surface area contributed by atoms with E-state index in [2.05, 4.69) is 5.32 Å². The Morgan fingerprint density at radius 3 is 2.48 bits per heavy atom. The maximum absolute atomic E-state index is 12.4. The summed E-state index contributed by atoms with van der Waals surface area (Å²) in [6, 6.07) is 10.8. The molecule has 0 spiro atoms. The number of carbonyl (C=O) groups excluding carboxylic acids is 1. The van der Waals surface area contributed by atoms with Crippen LogP contribution in [0.5, 0.6) is 5.75 Å². The molecule has 0 saturated heterocycles. The van der Waals surface area contributed by atoms with Gasteiger partial charge >= 0.3 is 0 Å². The van der Waals surface area contributed by atoms with Crippen LogP contribution in [0.1, 0.15) is 42.3 Å². The number of benzene rings is 2. The van der Waals surface area contributed by atoms with Gasteiger partial charge in [-0.1, -0.05) is 35.3 Å². The first-order valence-electron chi connectivity index (χ1n) is 8.84. The molecule has 0 aromatic heterocycles. The topological polar surface area (TPSA) is 47.6 Å². The third kappa shape index (κ3) is 6.42. The van der Waals surface area contributed by atoms with Crippen molar-refractivity contribution in [3.63, 3.8) is 0 Å². The summed E-state index contributed by atoms with van der Waals surface area (Å²) >= 11 is 12.0. The third-order valence-electron chi connectivity index (χ3n) is 3.99. The molecule has 1 atom stereocenters. The summed E-state index contributed by atoms with van der Waals surface area (Å²) in [5.41, 5.74) is 2.40. The van der Waals surface area contributed by atoms with Crippen LogP contribution < -0.4 is 10.1 Å². The number of amides is 1. The monoisotopic (exact) mass is 409 g/mol. The molecule has 0 fully saturated rings. The molecule has 1 amide bonds. The highest BCUT2D eigenvalue weighted by atomic mass is 35.5. The molecular weight excluding hydrogens is 385 g/mol. The molecule has 0 bridgehead atoms. The molecule has 0 radical (unpaired) electrons. The molecule has 2 aromatic carbocycles. The second kappa shape index (κ2) is 9.98. The van der Waals surface area contributed by atoms with E-state index >= 15 is 0 Å². The quantitative estimate of drug-likeness (QED) is 0.644. The normalized spacial score (nSPS) is 12.1. The Labute approximate surface area is 170 Å². The Bertz CT molecular complexity index is 793. The van der Waals surface area contributed by atoms with Gasteiger partial charge in [0.15, 0.2) is 0 Å². The molecule has 0 aliphatic carbocycles. The standard InChI is InChI=1S/C21H25Cl2NO3/c1-13(2)27-14(3)9-15-5-8-20(26-4)16(10-15)12-24-21(25)18-7-6-17(22)11-19(18)23/h5-8,10-11,13-14H,9,12H2,1-4H3,(H,24,25). The van der Waals surface area contributed by atoms with Crippen LogP contribution in [0, 0.1) is 0 Å². The van der Waals surface area contributed by atoms with Crippen molar-refractivity contribution in [2.75, 3.05) is 7.11 Å². The van der Waals surface area contributed by atoms with E-state index in [1.807, 2.05) is 39.0 Å². The number of methoxy groups -OCH3 is 1. The number of nitrogens with one attached hydrogen (secondary N) is 1. The summed E-state index contributed by atoms with van der Waals surface area (Å²) in [7, 11) is 1.61. The lowest BCUT2D eigenvalue weighted by atomic mass is 10.0. The highest BCUT2D eigenvalue weighted by molar-refractivity contribution is 6.36. The first-order valence-corrected chi connectivity index (χ1v) is 9.60. The number of halogens is 2. The van der Waals surface area contributed by atoms with Gasteiger partial charge in [0.1, 0.15) is 5.75 Å². The third-order valence-corrected chi connectivity index (χ3v) is 4.54. The van der Waals surface area contributed by atoms with Crippen molar-refractivity contribution in [2.45, 2.75) is 45.9 Å². The van der Waals surface area contributed by atoms with E-state index in [9.17, 15) is 4.79 Å². The fourth-order valence-corrected chi connectivity index (χ4v) is 3.38. The van der Waals surface area contributed by atoms with Gasteiger partial charge in [0.05, 0.1) is 29.9 Å². The van der Waals surface area contributed by atoms with Gasteiger partial charge in [-0.15, -0.1) is 0 Å². The van der Waals surface area contributed by atoms with Gasteiger partial charge in [0.2, 0.25) is 0 Å². The van der Waals surface area contributed by atoms with E-state index in [4.69, 9.17) is 32.7 Å². The zero-order valence-corrected chi connectivity index (χ0v) is 17.5. The van der Waals surface area contributed by atoms with Crippen molar-refractivity contribution < 1.29 is 14.3 Å². The second-order valence-electron chi connectivity index (χ2n) is 6.65. The predicted molar refractivity (Wildman–Crippen MR) is 110 cm³/mol. The van der Waals surface area contributed by atoms with Gasteiger partial charge in [0, 0.05) is 17.1 Å². The van der Waals surface area contributed by atoms with E-state index in [0.717, 1.165) is 23.3 Å². The van der Waals surface area contributed by atoms with Gasteiger partial charge in [-0.25, -0.2) is 0 Å². The van der Waals surface area contributed by atoms with Gasteiger partial charge in [-0.2, -0.15) is 0 Å². The molecule has 6 heteroatoms. The van der Waals surface area contributed by atoms with Crippen molar-refractivity contribution in [2.24, 2.45) is 0 Å². The van der Waals surface area contributed by atoms with Gasteiger partial charge in [0.25, 0.3) is 5.91 Å². The van der Waals surface area contributed by atoms with E-state index in [-0.39, 0.29) is 18.1 Å². The number of rotatable bonds is 8. The first-order chi connectivity index (χ1) is 12.8. The zero-order valence-electron chi connectivity index (χ0n) is 16.0. The van der Waals surface area contributed by atoms with Crippen molar-refractivity contribution >= 4 is 29.1 Å². The van der Waals surface area contributed by atoms with E-state index in [1.54, 1.807) is 25.3 Å². The lowest BCUT2D eigenvalue weighted by molar-refractivity contribution is 0.0194. The Balaban J connectivity index is 2.09. The SMILES string of the molecule is COc1ccc(CC(C)OC(C)C)cc1CNC(=O)c1ccc(Cl)cc1Cl. The molecule has 27 heavy (non-hydrogen) atoms. The lowest BCUT2D eigenvalue weighted by Crippen LogP contribution is -2.23. The van der Waals surface area contributed by atoms with E-state index in [0.29, 0.717) is 22.2 Å². The Morgan fingerprint density at radius 1 is 1.11 bits per heavy atom. The summed E-state index contributed by atoms with van der Waals surface area (Å²) in [5.74, 6) is 0.458. The Morgan fingerprint density at radius 2 is 1.85 bits per heavy atom. The minimum absolute atomic E-state index is 0.105. The minimum atomic E-state index is -0.263. The average molecular weight is 410 g/mol. The van der Waals surface area contributed by atoms with Gasteiger partial charge in [-0.3, -0.25) is 4.79 Å². The molecule has 4 nitrogen and oxygen atoms in total. The molecule has 2 aromatic rings. The van der Waals surface area contributed by atoms with Crippen LogP contribution in [0.3, 0.4) is 0 Å². The maximum Gasteiger partial charge on any atom is 0.253 e.